The quantitative estimate of drug-likeness (QED) is 0.694. The van der Waals surface area contributed by atoms with Crippen molar-refractivity contribution in [2.75, 3.05) is 13.7 Å². The van der Waals surface area contributed by atoms with Crippen LogP contribution in [0, 0.1) is 11.8 Å². The van der Waals surface area contributed by atoms with Crippen LogP contribution >= 0.6 is 0 Å². The fraction of sp³-hybridized carbons (Fsp3) is 0.440. The highest BCUT2D eigenvalue weighted by Gasteiger charge is 2.56. The third-order valence-electron chi connectivity index (χ3n) is 7.45. The highest BCUT2D eigenvalue weighted by Crippen LogP contribution is 2.52. The van der Waals surface area contributed by atoms with Crippen molar-refractivity contribution in [2.24, 2.45) is 11.8 Å². The maximum Gasteiger partial charge on any atom is 0.254 e. The Labute approximate surface area is 182 Å². The summed E-state index contributed by atoms with van der Waals surface area (Å²) in [6, 6.07) is 13.8. The molecule has 2 aromatic rings. The lowest BCUT2D eigenvalue weighted by Gasteiger charge is -2.27. The monoisotopic (exact) mass is 420 g/mol. The molecule has 162 valence electrons. The number of carbonyl (C=O) groups is 2. The predicted molar refractivity (Wildman–Crippen MR) is 116 cm³/mol. The van der Waals surface area contributed by atoms with Crippen LogP contribution in [-0.4, -0.2) is 42.7 Å². The maximum atomic E-state index is 13.2. The molecule has 6 nitrogen and oxygen atoms in total. The molecule has 0 aromatic heterocycles. The van der Waals surface area contributed by atoms with Gasteiger partial charge in [0.2, 0.25) is 0 Å². The number of aliphatic hydroxyl groups excluding tert-OH is 1. The highest BCUT2D eigenvalue weighted by molar-refractivity contribution is 6.02. The average Bonchev–Trinajstić information content (AvgIpc) is 3.13. The zero-order chi connectivity index (χ0) is 21.8. The minimum atomic E-state index is -0.407. The van der Waals surface area contributed by atoms with Gasteiger partial charge in [0.15, 0.2) is 0 Å². The van der Waals surface area contributed by atoms with E-state index in [0.717, 1.165) is 30.4 Å². The SMILES string of the molecule is CCC1(c2ccccc2)COc2c(C(=O)NC)cc(C(=O)N[C@H]3[C@@H]4C[C@@H](O)C[C@@H]43)cc21. The summed E-state index contributed by atoms with van der Waals surface area (Å²) in [6.45, 7) is 2.54. The third-order valence-corrected chi connectivity index (χ3v) is 7.45. The van der Waals surface area contributed by atoms with Crippen molar-refractivity contribution in [3.8, 4) is 5.75 Å². The molecule has 6 heteroatoms. The fourth-order valence-electron chi connectivity index (χ4n) is 5.60. The lowest BCUT2D eigenvalue weighted by molar-refractivity contribution is 0.0937. The van der Waals surface area contributed by atoms with Crippen LogP contribution in [0.25, 0.3) is 0 Å². The first kappa shape index (κ1) is 20.1. The molecule has 0 bridgehead atoms. The number of hydrogen-bond donors (Lipinski definition) is 3. The molecule has 2 saturated carbocycles. The van der Waals surface area contributed by atoms with Crippen LogP contribution in [0.15, 0.2) is 42.5 Å². The van der Waals surface area contributed by atoms with Crippen LogP contribution in [0.2, 0.25) is 0 Å². The van der Waals surface area contributed by atoms with Gasteiger partial charge in [0, 0.05) is 24.2 Å². The van der Waals surface area contributed by atoms with Gasteiger partial charge in [-0.05, 0) is 48.8 Å². The van der Waals surface area contributed by atoms with E-state index in [1.165, 1.54) is 0 Å². The van der Waals surface area contributed by atoms with E-state index in [9.17, 15) is 14.7 Å². The van der Waals surface area contributed by atoms with Gasteiger partial charge in [-0.25, -0.2) is 0 Å². The molecule has 5 atom stereocenters. The average molecular weight is 421 g/mol. The van der Waals surface area contributed by atoms with Gasteiger partial charge in [-0.15, -0.1) is 0 Å². The summed E-state index contributed by atoms with van der Waals surface area (Å²) in [5.41, 5.74) is 2.46. The molecule has 0 spiro atoms. The summed E-state index contributed by atoms with van der Waals surface area (Å²) >= 11 is 0. The van der Waals surface area contributed by atoms with E-state index in [1.54, 1.807) is 13.1 Å². The van der Waals surface area contributed by atoms with Crippen molar-refractivity contribution < 1.29 is 19.4 Å². The molecule has 2 aromatic carbocycles. The zero-order valence-electron chi connectivity index (χ0n) is 17.9. The van der Waals surface area contributed by atoms with E-state index in [1.807, 2.05) is 24.3 Å². The summed E-state index contributed by atoms with van der Waals surface area (Å²) in [5.74, 6) is 0.862. The Balaban J connectivity index is 1.54. The third kappa shape index (κ3) is 3.12. The number of fused-ring (bicyclic) bond motifs is 2. The first-order valence-corrected chi connectivity index (χ1v) is 11.1. The zero-order valence-corrected chi connectivity index (χ0v) is 17.9. The van der Waals surface area contributed by atoms with Crippen molar-refractivity contribution in [3.05, 3.63) is 64.7 Å². The van der Waals surface area contributed by atoms with Gasteiger partial charge in [0.05, 0.1) is 17.1 Å². The second-order valence-corrected chi connectivity index (χ2v) is 9.02. The molecule has 2 fully saturated rings. The van der Waals surface area contributed by atoms with E-state index in [2.05, 4.69) is 29.7 Å². The Morgan fingerprint density at radius 2 is 1.84 bits per heavy atom. The van der Waals surface area contributed by atoms with Crippen LogP contribution in [0.1, 0.15) is 58.0 Å². The summed E-state index contributed by atoms with van der Waals surface area (Å²) in [4.78, 5) is 25.8. The summed E-state index contributed by atoms with van der Waals surface area (Å²) in [6.07, 6.45) is 2.05. The summed E-state index contributed by atoms with van der Waals surface area (Å²) < 4.78 is 6.09. The molecule has 31 heavy (non-hydrogen) atoms. The summed E-state index contributed by atoms with van der Waals surface area (Å²) in [7, 11) is 1.58. The molecular weight excluding hydrogens is 392 g/mol. The van der Waals surface area contributed by atoms with E-state index in [-0.39, 0.29) is 24.0 Å². The maximum absolute atomic E-state index is 13.2. The molecule has 5 rings (SSSR count). The Morgan fingerprint density at radius 3 is 2.48 bits per heavy atom. The number of amides is 2. The van der Waals surface area contributed by atoms with Gasteiger partial charge >= 0.3 is 0 Å². The minimum absolute atomic E-state index is 0.119. The van der Waals surface area contributed by atoms with E-state index in [0.29, 0.717) is 35.3 Å². The van der Waals surface area contributed by atoms with Gasteiger partial charge < -0.3 is 20.5 Å². The molecule has 3 aliphatic rings. The molecule has 0 saturated heterocycles. The number of aliphatic hydroxyl groups is 1. The Kier molecular flexibility index (Phi) is 4.77. The Hall–Kier alpha value is -2.86. The van der Waals surface area contributed by atoms with Gasteiger partial charge in [-0.1, -0.05) is 37.3 Å². The first-order chi connectivity index (χ1) is 15.0. The van der Waals surface area contributed by atoms with Crippen LogP contribution in [0.4, 0.5) is 0 Å². The van der Waals surface area contributed by atoms with E-state index >= 15 is 0 Å². The number of nitrogens with one attached hydrogen (secondary N) is 2. The topological polar surface area (TPSA) is 87.7 Å². The second-order valence-electron chi connectivity index (χ2n) is 9.02. The first-order valence-electron chi connectivity index (χ1n) is 11.1. The predicted octanol–water partition coefficient (Wildman–Crippen LogP) is 2.63. The second kappa shape index (κ2) is 7.38. The fourth-order valence-corrected chi connectivity index (χ4v) is 5.60. The van der Waals surface area contributed by atoms with Gasteiger partial charge in [0.1, 0.15) is 12.4 Å². The van der Waals surface area contributed by atoms with Crippen molar-refractivity contribution in [1.82, 2.24) is 10.6 Å². The summed E-state index contributed by atoms with van der Waals surface area (Å²) in [5, 5.41) is 15.6. The molecule has 2 aliphatic carbocycles. The molecule has 1 aliphatic heterocycles. The number of hydrogen-bond acceptors (Lipinski definition) is 4. The van der Waals surface area contributed by atoms with Gasteiger partial charge in [-0.2, -0.15) is 0 Å². The van der Waals surface area contributed by atoms with Gasteiger partial charge in [-0.3, -0.25) is 9.59 Å². The van der Waals surface area contributed by atoms with Crippen molar-refractivity contribution in [3.63, 3.8) is 0 Å². The molecule has 1 heterocycles. The molecular formula is C25H28N2O4. The van der Waals surface area contributed by atoms with Crippen LogP contribution in [-0.2, 0) is 5.41 Å². The van der Waals surface area contributed by atoms with Crippen molar-refractivity contribution in [1.29, 1.82) is 0 Å². The Morgan fingerprint density at radius 1 is 1.13 bits per heavy atom. The largest absolute Gasteiger partial charge is 0.491 e. The number of carbonyl (C=O) groups excluding carboxylic acids is 2. The smallest absolute Gasteiger partial charge is 0.254 e. The number of ether oxygens (including phenoxy) is 1. The standard InChI is InChI=1S/C25H28N2O4/c1-3-25(15-7-5-4-6-8-15)13-31-22-19(24(30)26-2)9-14(10-20(22)25)23(29)27-21-17-11-16(28)12-18(17)21/h4-10,16-18,21,28H,3,11-13H2,1-2H3,(H,26,30)(H,27,29)/t16-,17-,18+,21+,25?. The molecule has 2 amide bonds. The van der Waals surface area contributed by atoms with Crippen LogP contribution in [0.5, 0.6) is 5.75 Å². The molecule has 0 radical (unpaired) electrons. The normalized spacial score (nSPS) is 30.2. The van der Waals surface area contributed by atoms with E-state index < -0.39 is 5.41 Å². The number of benzene rings is 2. The van der Waals surface area contributed by atoms with Crippen LogP contribution < -0.4 is 15.4 Å². The van der Waals surface area contributed by atoms with E-state index in [4.69, 9.17) is 4.74 Å². The minimum Gasteiger partial charge on any atom is -0.491 e. The van der Waals surface area contributed by atoms with Crippen molar-refractivity contribution in [2.45, 2.75) is 43.7 Å². The Bertz CT molecular complexity index is 1030. The lowest BCUT2D eigenvalue weighted by atomic mass is 9.73. The molecule has 1 unspecified atom stereocenters. The molecule has 3 N–H and O–H groups in total. The highest BCUT2D eigenvalue weighted by atomic mass is 16.5. The van der Waals surface area contributed by atoms with Crippen LogP contribution in [0.3, 0.4) is 0 Å². The number of rotatable bonds is 5. The lowest BCUT2D eigenvalue weighted by Crippen LogP contribution is -2.31. The van der Waals surface area contributed by atoms with Gasteiger partial charge in [0.25, 0.3) is 11.8 Å². The van der Waals surface area contributed by atoms with Crippen molar-refractivity contribution >= 4 is 11.8 Å².